The van der Waals surface area contributed by atoms with Crippen molar-refractivity contribution >= 4 is 5.91 Å². The fraction of sp³-hybridized carbons (Fsp3) is 0.875. The van der Waals surface area contributed by atoms with Crippen molar-refractivity contribution in [3.63, 3.8) is 0 Å². The number of amides is 1. The number of nitrogens with zero attached hydrogens (tertiary/aromatic N) is 2. The molecule has 0 aromatic carbocycles. The Balaban J connectivity index is 2.38. The summed E-state index contributed by atoms with van der Waals surface area (Å²) in [4.78, 5) is 15.1. The first-order valence-electron chi connectivity index (χ1n) is 4.23. The van der Waals surface area contributed by atoms with Crippen LogP contribution in [-0.4, -0.2) is 55.0 Å². The molecular weight excluding hydrogens is 154 g/mol. The van der Waals surface area contributed by atoms with E-state index in [2.05, 4.69) is 4.90 Å². The first kappa shape index (κ1) is 9.48. The average molecular weight is 171 g/mol. The van der Waals surface area contributed by atoms with Gasteiger partial charge in [-0.2, -0.15) is 0 Å². The summed E-state index contributed by atoms with van der Waals surface area (Å²) in [6.07, 6.45) is 0. The molecule has 1 atom stereocenters. The van der Waals surface area contributed by atoms with Crippen LogP contribution in [0.25, 0.3) is 0 Å². The highest BCUT2D eigenvalue weighted by Crippen LogP contribution is 2.11. The summed E-state index contributed by atoms with van der Waals surface area (Å²) >= 11 is 0. The van der Waals surface area contributed by atoms with Gasteiger partial charge in [0, 0.05) is 33.2 Å². The normalized spacial score (nSPS) is 21.7. The largest absolute Gasteiger partial charge is 0.347 e. The molecule has 0 bridgehead atoms. The fourth-order valence-electron chi connectivity index (χ4n) is 1.40. The molecule has 0 aromatic heterocycles. The number of likely N-dealkylation sites (tertiary alicyclic amines) is 1. The Morgan fingerprint density at radius 2 is 2.08 bits per heavy atom. The maximum absolute atomic E-state index is 11.4. The lowest BCUT2D eigenvalue weighted by atomic mass is 10.1. The zero-order valence-corrected chi connectivity index (χ0v) is 7.95. The second kappa shape index (κ2) is 3.41. The van der Waals surface area contributed by atoms with Crippen LogP contribution in [0, 0.1) is 0 Å². The van der Waals surface area contributed by atoms with E-state index in [1.54, 1.807) is 19.0 Å². The van der Waals surface area contributed by atoms with Gasteiger partial charge in [0.2, 0.25) is 5.91 Å². The zero-order chi connectivity index (χ0) is 9.30. The molecule has 4 heteroatoms. The number of hydrogen-bond acceptors (Lipinski definition) is 3. The molecule has 1 fully saturated rings. The summed E-state index contributed by atoms with van der Waals surface area (Å²) in [6, 6.07) is 0.252. The Kier molecular flexibility index (Phi) is 2.69. The smallest absolute Gasteiger partial charge is 0.239 e. The van der Waals surface area contributed by atoms with Gasteiger partial charge in [-0.1, -0.05) is 0 Å². The van der Waals surface area contributed by atoms with E-state index in [1.807, 2.05) is 6.92 Å². The quantitative estimate of drug-likeness (QED) is 0.586. The van der Waals surface area contributed by atoms with Crippen molar-refractivity contribution in [3.8, 4) is 0 Å². The molecule has 1 unspecified atom stereocenters. The molecule has 1 rings (SSSR count). The van der Waals surface area contributed by atoms with Crippen LogP contribution < -0.4 is 5.73 Å². The monoisotopic (exact) mass is 171 g/mol. The molecule has 1 amide bonds. The number of hydrogen-bond donors (Lipinski definition) is 1. The van der Waals surface area contributed by atoms with E-state index in [1.165, 1.54) is 0 Å². The van der Waals surface area contributed by atoms with Crippen molar-refractivity contribution in [3.05, 3.63) is 0 Å². The predicted molar refractivity (Wildman–Crippen MR) is 47.7 cm³/mol. The minimum atomic E-state index is -0.0141. The van der Waals surface area contributed by atoms with E-state index in [0.29, 0.717) is 0 Å². The van der Waals surface area contributed by atoms with Gasteiger partial charge in [-0.3, -0.25) is 9.69 Å². The summed E-state index contributed by atoms with van der Waals surface area (Å²) in [5, 5.41) is 0. The minimum absolute atomic E-state index is 0.0141. The third kappa shape index (κ3) is 1.76. The molecule has 2 N–H and O–H groups in total. The summed E-state index contributed by atoms with van der Waals surface area (Å²) in [7, 11) is 3.55. The van der Waals surface area contributed by atoms with Gasteiger partial charge in [0.25, 0.3) is 0 Å². The van der Waals surface area contributed by atoms with Crippen LogP contribution in [0.3, 0.4) is 0 Å². The molecule has 1 saturated heterocycles. The number of likely N-dealkylation sites (N-methyl/N-ethyl adjacent to an activating group) is 1. The van der Waals surface area contributed by atoms with Crippen LogP contribution in [0.4, 0.5) is 0 Å². The van der Waals surface area contributed by atoms with Crippen molar-refractivity contribution in [1.82, 2.24) is 9.80 Å². The van der Waals surface area contributed by atoms with Crippen LogP contribution in [0.15, 0.2) is 0 Å². The highest BCUT2D eigenvalue weighted by atomic mass is 16.2. The van der Waals surface area contributed by atoms with Gasteiger partial charge in [-0.05, 0) is 6.92 Å². The van der Waals surface area contributed by atoms with E-state index in [-0.39, 0.29) is 18.0 Å². The number of nitrogens with two attached hydrogens (primary N) is 1. The van der Waals surface area contributed by atoms with E-state index < -0.39 is 0 Å². The highest BCUT2D eigenvalue weighted by molar-refractivity contribution is 5.81. The second-order valence-corrected chi connectivity index (χ2v) is 3.62. The lowest BCUT2D eigenvalue weighted by Gasteiger charge is -2.41. The zero-order valence-electron chi connectivity index (χ0n) is 7.95. The van der Waals surface area contributed by atoms with Crippen molar-refractivity contribution in [1.29, 1.82) is 0 Å². The molecular formula is C8H17N3O. The molecule has 4 nitrogen and oxygen atoms in total. The summed E-state index contributed by atoms with van der Waals surface area (Å²) < 4.78 is 0. The van der Waals surface area contributed by atoms with Crippen molar-refractivity contribution in [2.24, 2.45) is 5.73 Å². The highest BCUT2D eigenvalue weighted by Gasteiger charge is 2.31. The SMILES string of the molecule is CC(C(=O)N(C)C)N1CC(N)C1. The second-order valence-electron chi connectivity index (χ2n) is 3.62. The molecule has 0 radical (unpaired) electrons. The lowest BCUT2D eigenvalue weighted by molar-refractivity contribution is -0.135. The molecule has 1 aliphatic heterocycles. The van der Waals surface area contributed by atoms with Crippen molar-refractivity contribution in [2.75, 3.05) is 27.2 Å². The van der Waals surface area contributed by atoms with Gasteiger partial charge in [-0.15, -0.1) is 0 Å². The van der Waals surface area contributed by atoms with E-state index in [4.69, 9.17) is 5.73 Å². The summed E-state index contributed by atoms with van der Waals surface area (Å²) in [5.41, 5.74) is 5.62. The topological polar surface area (TPSA) is 49.6 Å². The summed E-state index contributed by atoms with van der Waals surface area (Å²) in [5.74, 6) is 0.155. The van der Waals surface area contributed by atoms with E-state index in [9.17, 15) is 4.79 Å². The minimum Gasteiger partial charge on any atom is -0.347 e. The number of carbonyl (C=O) groups is 1. The van der Waals surface area contributed by atoms with E-state index in [0.717, 1.165) is 13.1 Å². The summed E-state index contributed by atoms with van der Waals surface area (Å²) in [6.45, 7) is 3.62. The first-order chi connectivity index (χ1) is 5.52. The lowest BCUT2D eigenvalue weighted by Crippen LogP contribution is -2.61. The standard InChI is InChI=1S/C8H17N3O/c1-6(8(12)10(2)3)11-4-7(9)5-11/h6-7H,4-5,9H2,1-3H3. The fourth-order valence-corrected chi connectivity index (χ4v) is 1.40. The van der Waals surface area contributed by atoms with Gasteiger partial charge >= 0.3 is 0 Å². The van der Waals surface area contributed by atoms with Gasteiger partial charge in [0.15, 0.2) is 0 Å². The molecule has 0 aromatic rings. The van der Waals surface area contributed by atoms with Gasteiger partial charge < -0.3 is 10.6 Å². The van der Waals surface area contributed by atoms with E-state index >= 15 is 0 Å². The molecule has 0 saturated carbocycles. The predicted octanol–water partition coefficient (Wildman–Crippen LogP) is -0.894. The molecule has 0 aliphatic carbocycles. The number of rotatable bonds is 2. The molecule has 70 valence electrons. The third-order valence-corrected chi connectivity index (χ3v) is 2.28. The van der Waals surface area contributed by atoms with Crippen LogP contribution >= 0.6 is 0 Å². The van der Waals surface area contributed by atoms with Crippen LogP contribution in [0.2, 0.25) is 0 Å². The Hall–Kier alpha value is -0.610. The Morgan fingerprint density at radius 1 is 1.58 bits per heavy atom. The van der Waals surface area contributed by atoms with Crippen molar-refractivity contribution in [2.45, 2.75) is 19.0 Å². The van der Waals surface area contributed by atoms with Crippen LogP contribution in [0.1, 0.15) is 6.92 Å². The van der Waals surface area contributed by atoms with Gasteiger partial charge in [0.05, 0.1) is 6.04 Å². The van der Waals surface area contributed by atoms with Crippen molar-refractivity contribution < 1.29 is 4.79 Å². The third-order valence-electron chi connectivity index (χ3n) is 2.28. The van der Waals surface area contributed by atoms with Crippen LogP contribution in [-0.2, 0) is 4.79 Å². The van der Waals surface area contributed by atoms with Gasteiger partial charge in [0.1, 0.15) is 0 Å². The maximum Gasteiger partial charge on any atom is 0.239 e. The molecule has 1 aliphatic rings. The van der Waals surface area contributed by atoms with Crippen LogP contribution in [0.5, 0.6) is 0 Å². The first-order valence-corrected chi connectivity index (χ1v) is 4.23. The maximum atomic E-state index is 11.4. The number of carbonyl (C=O) groups excluding carboxylic acids is 1. The Labute approximate surface area is 73.3 Å². The average Bonchev–Trinajstić information content (AvgIpc) is 1.95. The molecule has 12 heavy (non-hydrogen) atoms. The Morgan fingerprint density at radius 3 is 2.42 bits per heavy atom. The Bertz CT molecular complexity index is 175. The molecule has 0 spiro atoms. The van der Waals surface area contributed by atoms with Gasteiger partial charge in [-0.25, -0.2) is 0 Å². The molecule has 1 heterocycles.